The molecule has 21 heavy (non-hydrogen) atoms. The van der Waals surface area contributed by atoms with Crippen molar-refractivity contribution >= 4 is 11.8 Å². The van der Waals surface area contributed by atoms with E-state index in [0.717, 1.165) is 5.56 Å². The molecule has 0 bridgehead atoms. The third-order valence-corrected chi connectivity index (χ3v) is 2.71. The van der Waals surface area contributed by atoms with E-state index in [2.05, 4.69) is 15.3 Å². The number of ether oxygens (including phenoxy) is 1. The zero-order chi connectivity index (χ0) is 15.2. The van der Waals surface area contributed by atoms with Gasteiger partial charge in [-0.05, 0) is 31.5 Å². The number of anilines is 1. The van der Waals surface area contributed by atoms with E-state index >= 15 is 0 Å². The number of hydrogen-bond donors (Lipinski definition) is 2. The number of nitrogens with zero attached hydrogens (tertiary/aromatic N) is 2. The molecule has 6 nitrogen and oxygen atoms in total. The Morgan fingerprint density at radius 2 is 2.14 bits per heavy atom. The van der Waals surface area contributed by atoms with E-state index in [1.54, 1.807) is 0 Å². The lowest BCUT2D eigenvalue weighted by Crippen LogP contribution is -2.11. The van der Waals surface area contributed by atoms with Crippen molar-refractivity contribution in [2.45, 2.75) is 20.5 Å². The first-order valence-corrected chi connectivity index (χ1v) is 6.63. The van der Waals surface area contributed by atoms with Crippen LogP contribution in [0.1, 0.15) is 28.8 Å². The van der Waals surface area contributed by atoms with E-state index < -0.39 is 5.97 Å². The zero-order valence-electron chi connectivity index (χ0n) is 12.0. The number of aromatic carboxylic acids is 1. The molecule has 2 aromatic rings. The number of aryl methyl sites for hydroxylation is 1. The van der Waals surface area contributed by atoms with Gasteiger partial charge in [-0.15, -0.1) is 0 Å². The second-order valence-corrected chi connectivity index (χ2v) is 4.50. The van der Waals surface area contributed by atoms with Gasteiger partial charge in [-0.2, -0.15) is 0 Å². The average Bonchev–Trinajstić information content (AvgIpc) is 2.45. The van der Waals surface area contributed by atoms with E-state index in [1.807, 2.05) is 38.1 Å². The van der Waals surface area contributed by atoms with Crippen LogP contribution in [0.4, 0.5) is 5.82 Å². The lowest BCUT2D eigenvalue weighted by atomic mass is 10.2. The van der Waals surface area contributed by atoms with Gasteiger partial charge in [-0.3, -0.25) is 0 Å². The van der Waals surface area contributed by atoms with Crippen molar-refractivity contribution in [3.8, 4) is 5.75 Å². The highest BCUT2D eigenvalue weighted by atomic mass is 16.5. The van der Waals surface area contributed by atoms with Gasteiger partial charge in [0, 0.05) is 12.6 Å². The first kappa shape index (κ1) is 14.8. The molecule has 0 aliphatic heterocycles. The third kappa shape index (κ3) is 4.17. The van der Waals surface area contributed by atoms with E-state index in [-0.39, 0.29) is 12.3 Å². The summed E-state index contributed by atoms with van der Waals surface area (Å²) in [7, 11) is 0. The second kappa shape index (κ2) is 6.69. The Bertz CT molecular complexity index is 644. The fourth-order valence-electron chi connectivity index (χ4n) is 1.80. The second-order valence-electron chi connectivity index (χ2n) is 4.50. The molecule has 0 spiro atoms. The predicted octanol–water partition coefficient (Wildman–Crippen LogP) is 2.49. The number of hydrogen-bond acceptors (Lipinski definition) is 5. The molecule has 1 aromatic heterocycles. The number of nitrogens with one attached hydrogen (secondary N) is 1. The van der Waals surface area contributed by atoms with Crippen LogP contribution in [0, 0.1) is 6.92 Å². The highest BCUT2D eigenvalue weighted by molar-refractivity contribution is 5.86. The number of carbonyl (C=O) groups is 1. The summed E-state index contributed by atoms with van der Waals surface area (Å²) in [5.41, 5.74) is 1.03. The first-order chi connectivity index (χ1) is 10.1. The lowest BCUT2D eigenvalue weighted by Gasteiger charge is -2.09. The number of carboxylic acids is 1. The maximum absolute atomic E-state index is 11.1. The summed E-state index contributed by atoms with van der Waals surface area (Å²) < 4.78 is 5.60. The Kier molecular flexibility index (Phi) is 4.71. The first-order valence-electron chi connectivity index (χ1n) is 6.63. The summed E-state index contributed by atoms with van der Waals surface area (Å²) in [5, 5.41) is 12.0. The van der Waals surface area contributed by atoms with Gasteiger partial charge in [0.15, 0.2) is 11.5 Å². The molecule has 0 saturated carbocycles. The summed E-state index contributed by atoms with van der Waals surface area (Å²) in [6, 6.07) is 8.99. The monoisotopic (exact) mass is 287 g/mol. The van der Waals surface area contributed by atoms with Crippen LogP contribution < -0.4 is 10.1 Å². The van der Waals surface area contributed by atoms with Crippen molar-refractivity contribution in [3.63, 3.8) is 0 Å². The molecular weight excluding hydrogens is 270 g/mol. The molecule has 1 aromatic carbocycles. The van der Waals surface area contributed by atoms with Crippen molar-refractivity contribution < 1.29 is 14.6 Å². The van der Waals surface area contributed by atoms with E-state index in [9.17, 15) is 4.79 Å². The highest BCUT2D eigenvalue weighted by Gasteiger charge is 2.10. The standard InChI is InChI=1S/C15H17N3O3/c1-3-16-13-8-12(15(19)20)17-14(18-13)9-21-11-6-4-5-10(2)7-11/h4-8H,3,9H2,1-2H3,(H,19,20)(H,16,17,18). The minimum Gasteiger partial charge on any atom is -0.486 e. The molecule has 6 heteroatoms. The SMILES string of the molecule is CCNc1cc(C(=O)O)nc(COc2cccc(C)c2)n1. The summed E-state index contributed by atoms with van der Waals surface area (Å²) in [4.78, 5) is 19.3. The minimum atomic E-state index is -1.09. The van der Waals surface area contributed by atoms with Crippen LogP contribution in [0.25, 0.3) is 0 Å². The van der Waals surface area contributed by atoms with Crippen LogP contribution >= 0.6 is 0 Å². The van der Waals surface area contributed by atoms with E-state index in [0.29, 0.717) is 23.9 Å². The molecular formula is C15H17N3O3. The van der Waals surface area contributed by atoms with Gasteiger partial charge in [-0.25, -0.2) is 14.8 Å². The van der Waals surface area contributed by atoms with Gasteiger partial charge < -0.3 is 15.2 Å². The van der Waals surface area contributed by atoms with Gasteiger partial charge in [0.2, 0.25) is 0 Å². The smallest absolute Gasteiger partial charge is 0.354 e. The van der Waals surface area contributed by atoms with E-state index in [1.165, 1.54) is 6.07 Å². The molecule has 0 atom stereocenters. The van der Waals surface area contributed by atoms with Gasteiger partial charge in [0.05, 0.1) is 0 Å². The average molecular weight is 287 g/mol. The minimum absolute atomic E-state index is 0.0520. The summed E-state index contributed by atoms with van der Waals surface area (Å²) in [6.45, 7) is 4.64. The van der Waals surface area contributed by atoms with Gasteiger partial charge in [0.25, 0.3) is 0 Å². The number of rotatable bonds is 6. The van der Waals surface area contributed by atoms with Crippen molar-refractivity contribution in [3.05, 3.63) is 47.4 Å². The maximum atomic E-state index is 11.1. The van der Waals surface area contributed by atoms with Crippen LogP contribution in [0.2, 0.25) is 0 Å². The Labute approximate surface area is 122 Å². The molecule has 0 fully saturated rings. The maximum Gasteiger partial charge on any atom is 0.354 e. The number of benzene rings is 1. The molecule has 110 valence electrons. The quantitative estimate of drug-likeness (QED) is 0.849. The molecule has 0 unspecified atom stereocenters. The third-order valence-electron chi connectivity index (χ3n) is 2.71. The summed E-state index contributed by atoms with van der Waals surface area (Å²) >= 11 is 0. The largest absolute Gasteiger partial charge is 0.486 e. The van der Waals surface area contributed by atoms with E-state index in [4.69, 9.17) is 9.84 Å². The van der Waals surface area contributed by atoms with Crippen LogP contribution in [-0.4, -0.2) is 27.6 Å². The molecule has 0 aliphatic carbocycles. The van der Waals surface area contributed by atoms with Crippen LogP contribution in [-0.2, 0) is 6.61 Å². The topological polar surface area (TPSA) is 84.3 Å². The molecule has 2 N–H and O–H groups in total. The van der Waals surface area contributed by atoms with Crippen LogP contribution in [0.5, 0.6) is 5.75 Å². The normalized spacial score (nSPS) is 10.2. The Morgan fingerprint density at radius 1 is 1.33 bits per heavy atom. The number of carboxylic acid groups (broad SMARTS) is 1. The molecule has 0 radical (unpaired) electrons. The zero-order valence-corrected chi connectivity index (χ0v) is 12.0. The highest BCUT2D eigenvalue weighted by Crippen LogP contribution is 2.14. The molecule has 2 rings (SSSR count). The molecule has 1 heterocycles. The molecule has 0 aliphatic rings. The van der Waals surface area contributed by atoms with Gasteiger partial charge in [-0.1, -0.05) is 12.1 Å². The van der Waals surface area contributed by atoms with Crippen molar-refractivity contribution in [1.82, 2.24) is 9.97 Å². The summed E-state index contributed by atoms with van der Waals surface area (Å²) in [6.07, 6.45) is 0. The van der Waals surface area contributed by atoms with Gasteiger partial charge in [0.1, 0.15) is 18.2 Å². The lowest BCUT2D eigenvalue weighted by molar-refractivity contribution is 0.0689. The van der Waals surface area contributed by atoms with Crippen molar-refractivity contribution in [2.75, 3.05) is 11.9 Å². The van der Waals surface area contributed by atoms with Crippen LogP contribution in [0.15, 0.2) is 30.3 Å². The predicted molar refractivity (Wildman–Crippen MR) is 78.7 cm³/mol. The molecule has 0 saturated heterocycles. The Balaban J connectivity index is 2.16. The summed E-state index contributed by atoms with van der Waals surface area (Å²) in [5.74, 6) is 0.415. The molecule has 0 amide bonds. The Morgan fingerprint density at radius 3 is 2.81 bits per heavy atom. The Hall–Kier alpha value is -2.63. The number of aromatic nitrogens is 2. The van der Waals surface area contributed by atoms with Crippen molar-refractivity contribution in [1.29, 1.82) is 0 Å². The van der Waals surface area contributed by atoms with Crippen molar-refractivity contribution in [2.24, 2.45) is 0 Å². The fourth-order valence-corrected chi connectivity index (χ4v) is 1.80. The van der Waals surface area contributed by atoms with Crippen LogP contribution in [0.3, 0.4) is 0 Å². The van der Waals surface area contributed by atoms with Gasteiger partial charge >= 0.3 is 5.97 Å². The fraction of sp³-hybridized carbons (Fsp3) is 0.267.